The SMILES string of the molecule is CC(C)(C)CNCc1ccccc1CO. The first-order valence-electron chi connectivity index (χ1n) is 5.41. The van der Waals surface area contributed by atoms with Gasteiger partial charge in [-0.3, -0.25) is 0 Å². The average molecular weight is 207 g/mol. The summed E-state index contributed by atoms with van der Waals surface area (Å²) in [6.45, 7) is 8.54. The fourth-order valence-corrected chi connectivity index (χ4v) is 1.46. The van der Waals surface area contributed by atoms with Gasteiger partial charge < -0.3 is 10.4 Å². The monoisotopic (exact) mass is 207 g/mol. The largest absolute Gasteiger partial charge is 0.392 e. The van der Waals surface area contributed by atoms with E-state index in [0.717, 1.165) is 18.7 Å². The van der Waals surface area contributed by atoms with Crippen LogP contribution < -0.4 is 5.32 Å². The van der Waals surface area contributed by atoms with Gasteiger partial charge in [-0.25, -0.2) is 0 Å². The number of aliphatic hydroxyl groups excluding tert-OH is 1. The molecule has 2 nitrogen and oxygen atoms in total. The van der Waals surface area contributed by atoms with E-state index in [2.05, 4.69) is 32.2 Å². The van der Waals surface area contributed by atoms with Crippen LogP contribution in [-0.2, 0) is 13.2 Å². The lowest BCUT2D eigenvalue weighted by Crippen LogP contribution is -2.26. The van der Waals surface area contributed by atoms with E-state index < -0.39 is 0 Å². The topological polar surface area (TPSA) is 32.3 Å². The predicted molar refractivity (Wildman–Crippen MR) is 63.5 cm³/mol. The molecule has 0 radical (unpaired) electrons. The number of rotatable bonds is 4. The van der Waals surface area contributed by atoms with Crippen molar-refractivity contribution in [2.24, 2.45) is 5.41 Å². The first-order valence-corrected chi connectivity index (χ1v) is 5.41. The van der Waals surface area contributed by atoms with Crippen LogP contribution in [0.5, 0.6) is 0 Å². The van der Waals surface area contributed by atoms with Gasteiger partial charge in [0.2, 0.25) is 0 Å². The molecule has 1 rings (SSSR count). The molecule has 1 aromatic rings. The number of aliphatic hydroxyl groups is 1. The van der Waals surface area contributed by atoms with Gasteiger partial charge in [-0.2, -0.15) is 0 Å². The first kappa shape index (κ1) is 12.2. The Balaban J connectivity index is 2.50. The van der Waals surface area contributed by atoms with Crippen LogP contribution >= 0.6 is 0 Å². The van der Waals surface area contributed by atoms with E-state index in [1.54, 1.807) is 0 Å². The molecular formula is C13H21NO. The Morgan fingerprint density at radius 3 is 2.27 bits per heavy atom. The van der Waals surface area contributed by atoms with E-state index in [9.17, 15) is 0 Å². The minimum absolute atomic E-state index is 0.118. The summed E-state index contributed by atoms with van der Waals surface area (Å²) in [5, 5.41) is 12.6. The van der Waals surface area contributed by atoms with Gasteiger partial charge in [0.05, 0.1) is 6.61 Å². The summed E-state index contributed by atoms with van der Waals surface area (Å²) in [5.41, 5.74) is 2.50. The molecule has 2 N–H and O–H groups in total. The van der Waals surface area contributed by atoms with Crippen LogP contribution in [0.1, 0.15) is 31.9 Å². The highest BCUT2D eigenvalue weighted by atomic mass is 16.3. The predicted octanol–water partition coefficient (Wildman–Crippen LogP) is 2.31. The van der Waals surface area contributed by atoms with Gasteiger partial charge in [-0.05, 0) is 16.5 Å². The summed E-state index contributed by atoms with van der Waals surface area (Å²) in [4.78, 5) is 0. The van der Waals surface area contributed by atoms with Crippen molar-refractivity contribution in [1.82, 2.24) is 5.32 Å². The number of benzene rings is 1. The molecule has 2 heteroatoms. The number of hydrogen-bond donors (Lipinski definition) is 2. The van der Waals surface area contributed by atoms with Crippen molar-refractivity contribution in [3.05, 3.63) is 35.4 Å². The third kappa shape index (κ3) is 4.45. The molecule has 1 aromatic carbocycles. The minimum atomic E-state index is 0.118. The van der Waals surface area contributed by atoms with Crippen LogP contribution in [0.4, 0.5) is 0 Å². The Morgan fingerprint density at radius 1 is 1.13 bits per heavy atom. The molecule has 0 spiro atoms. The summed E-state index contributed by atoms with van der Waals surface area (Å²) in [7, 11) is 0. The summed E-state index contributed by atoms with van der Waals surface area (Å²) in [6.07, 6.45) is 0. The molecule has 0 aliphatic heterocycles. The van der Waals surface area contributed by atoms with Crippen LogP contribution in [0.15, 0.2) is 24.3 Å². The maximum absolute atomic E-state index is 9.15. The molecular weight excluding hydrogens is 186 g/mol. The van der Waals surface area contributed by atoms with Crippen molar-refractivity contribution >= 4 is 0 Å². The van der Waals surface area contributed by atoms with Gasteiger partial charge in [-0.1, -0.05) is 45.0 Å². The van der Waals surface area contributed by atoms with Gasteiger partial charge in [0.1, 0.15) is 0 Å². The van der Waals surface area contributed by atoms with E-state index in [4.69, 9.17) is 5.11 Å². The van der Waals surface area contributed by atoms with Crippen molar-refractivity contribution < 1.29 is 5.11 Å². The lowest BCUT2D eigenvalue weighted by atomic mass is 9.97. The average Bonchev–Trinajstić information content (AvgIpc) is 2.16. The molecule has 0 amide bonds. The second-order valence-electron chi connectivity index (χ2n) is 5.09. The Morgan fingerprint density at radius 2 is 1.73 bits per heavy atom. The van der Waals surface area contributed by atoms with Crippen LogP contribution in [-0.4, -0.2) is 11.7 Å². The Labute approximate surface area is 92.3 Å². The lowest BCUT2D eigenvalue weighted by Gasteiger charge is -2.19. The van der Waals surface area contributed by atoms with Crippen LogP contribution in [0, 0.1) is 5.41 Å². The maximum Gasteiger partial charge on any atom is 0.0685 e. The van der Waals surface area contributed by atoms with Crippen LogP contribution in [0.3, 0.4) is 0 Å². The maximum atomic E-state index is 9.15. The standard InChI is InChI=1S/C13H21NO/c1-13(2,3)10-14-8-11-6-4-5-7-12(11)9-15/h4-7,14-15H,8-10H2,1-3H3. The summed E-state index contributed by atoms with van der Waals surface area (Å²) in [6, 6.07) is 7.99. The molecule has 0 atom stereocenters. The quantitative estimate of drug-likeness (QED) is 0.794. The molecule has 15 heavy (non-hydrogen) atoms. The van der Waals surface area contributed by atoms with Crippen molar-refractivity contribution in [2.45, 2.75) is 33.9 Å². The summed E-state index contributed by atoms with van der Waals surface area (Å²) in [5.74, 6) is 0. The Kier molecular flexibility index (Phi) is 4.30. The third-order valence-electron chi connectivity index (χ3n) is 2.26. The normalized spacial score (nSPS) is 11.7. The molecule has 0 unspecified atom stereocenters. The zero-order valence-corrected chi connectivity index (χ0v) is 9.88. The highest BCUT2D eigenvalue weighted by Crippen LogP contribution is 2.12. The minimum Gasteiger partial charge on any atom is -0.392 e. The van der Waals surface area contributed by atoms with Crippen LogP contribution in [0.2, 0.25) is 0 Å². The van der Waals surface area contributed by atoms with E-state index in [0.29, 0.717) is 5.41 Å². The zero-order chi connectivity index (χ0) is 11.3. The third-order valence-corrected chi connectivity index (χ3v) is 2.26. The number of hydrogen-bond acceptors (Lipinski definition) is 2. The fourth-order valence-electron chi connectivity index (χ4n) is 1.46. The van der Waals surface area contributed by atoms with Crippen molar-refractivity contribution in [1.29, 1.82) is 0 Å². The van der Waals surface area contributed by atoms with E-state index in [1.807, 2.05) is 18.2 Å². The zero-order valence-electron chi connectivity index (χ0n) is 9.88. The molecule has 0 saturated heterocycles. The fraction of sp³-hybridized carbons (Fsp3) is 0.538. The van der Waals surface area contributed by atoms with Gasteiger partial charge in [0, 0.05) is 13.1 Å². The highest BCUT2D eigenvalue weighted by Gasteiger charge is 2.09. The van der Waals surface area contributed by atoms with E-state index >= 15 is 0 Å². The molecule has 0 bridgehead atoms. The number of nitrogens with one attached hydrogen (secondary N) is 1. The van der Waals surface area contributed by atoms with E-state index in [1.165, 1.54) is 5.56 Å². The van der Waals surface area contributed by atoms with E-state index in [-0.39, 0.29) is 6.61 Å². The Hall–Kier alpha value is -0.860. The molecule has 0 fully saturated rings. The van der Waals surface area contributed by atoms with Crippen molar-refractivity contribution in [3.63, 3.8) is 0 Å². The summed E-state index contributed by atoms with van der Waals surface area (Å²) < 4.78 is 0. The van der Waals surface area contributed by atoms with Crippen molar-refractivity contribution in [2.75, 3.05) is 6.54 Å². The second-order valence-corrected chi connectivity index (χ2v) is 5.09. The Bertz CT molecular complexity index is 302. The molecule has 0 heterocycles. The van der Waals surface area contributed by atoms with Crippen LogP contribution in [0.25, 0.3) is 0 Å². The molecule has 0 saturated carbocycles. The molecule has 0 aromatic heterocycles. The smallest absolute Gasteiger partial charge is 0.0685 e. The van der Waals surface area contributed by atoms with Gasteiger partial charge in [0.25, 0.3) is 0 Å². The van der Waals surface area contributed by atoms with Gasteiger partial charge in [0.15, 0.2) is 0 Å². The highest BCUT2D eigenvalue weighted by molar-refractivity contribution is 5.26. The first-order chi connectivity index (χ1) is 7.03. The second kappa shape index (κ2) is 5.29. The van der Waals surface area contributed by atoms with Crippen molar-refractivity contribution in [3.8, 4) is 0 Å². The summed E-state index contributed by atoms with van der Waals surface area (Å²) >= 11 is 0. The molecule has 0 aliphatic rings. The lowest BCUT2D eigenvalue weighted by molar-refractivity contribution is 0.280. The molecule has 84 valence electrons. The molecule has 0 aliphatic carbocycles. The van der Waals surface area contributed by atoms with Gasteiger partial charge >= 0.3 is 0 Å². The van der Waals surface area contributed by atoms with Gasteiger partial charge in [-0.15, -0.1) is 0 Å².